The highest BCUT2D eigenvalue weighted by Gasteiger charge is 2.18. The highest BCUT2D eigenvalue weighted by molar-refractivity contribution is 5.87. The number of carbonyl (C=O) groups excluding carboxylic acids is 1. The zero-order valence-corrected chi connectivity index (χ0v) is 13.3. The van der Waals surface area contributed by atoms with E-state index >= 15 is 0 Å². The summed E-state index contributed by atoms with van der Waals surface area (Å²) in [5.41, 5.74) is 0.742. The molecule has 0 bridgehead atoms. The van der Waals surface area contributed by atoms with Crippen LogP contribution in [0.4, 0.5) is 0 Å². The van der Waals surface area contributed by atoms with Crippen LogP contribution in [-0.4, -0.2) is 37.2 Å². The van der Waals surface area contributed by atoms with E-state index in [0.29, 0.717) is 12.4 Å². The smallest absolute Gasteiger partial charge is 0.335 e. The first-order valence-corrected chi connectivity index (χ1v) is 7.14. The molecule has 122 valence electrons. The van der Waals surface area contributed by atoms with E-state index < -0.39 is 5.97 Å². The Morgan fingerprint density at radius 3 is 2.39 bits per heavy atom. The van der Waals surface area contributed by atoms with Crippen molar-refractivity contribution in [2.45, 2.75) is 39.3 Å². The predicted molar refractivity (Wildman–Crippen MR) is 81.8 cm³/mol. The molecule has 8 heteroatoms. The van der Waals surface area contributed by atoms with Gasteiger partial charge in [-0.25, -0.2) is 4.79 Å². The summed E-state index contributed by atoms with van der Waals surface area (Å²) in [5, 5.41) is 23.5. The van der Waals surface area contributed by atoms with Crippen LogP contribution in [0.15, 0.2) is 24.3 Å². The Labute approximate surface area is 133 Å². The molecule has 0 saturated heterocycles. The molecule has 0 aliphatic carbocycles. The lowest BCUT2D eigenvalue weighted by atomic mass is 10.1. The molecule has 8 nitrogen and oxygen atoms in total. The molecule has 0 fully saturated rings. The Kier molecular flexibility index (Phi) is 4.73. The first-order chi connectivity index (χ1) is 10.8. The Bertz CT molecular complexity index is 701. The normalized spacial score (nSPS) is 11.3. The van der Waals surface area contributed by atoms with Crippen LogP contribution in [0.25, 0.3) is 0 Å². The number of benzene rings is 1. The first-order valence-electron chi connectivity index (χ1n) is 7.14. The fraction of sp³-hybridized carbons (Fsp3) is 0.400. The van der Waals surface area contributed by atoms with Gasteiger partial charge in [0.1, 0.15) is 0 Å². The third-order valence-corrected chi connectivity index (χ3v) is 3.06. The molecule has 1 aromatic heterocycles. The maximum absolute atomic E-state index is 11.9. The standard InChI is InChI=1S/C15H19N5O3/c1-15(2,3)20-18-12(17-19-20)8-13(21)16-9-10-4-6-11(7-5-10)14(22)23/h4-7H,8-9H2,1-3H3,(H,16,21)(H,22,23). The van der Waals surface area contributed by atoms with Gasteiger partial charge in [-0.1, -0.05) is 12.1 Å². The molecule has 23 heavy (non-hydrogen) atoms. The Morgan fingerprint density at radius 1 is 1.22 bits per heavy atom. The van der Waals surface area contributed by atoms with Crippen molar-refractivity contribution in [3.8, 4) is 0 Å². The number of aromatic carboxylic acids is 1. The van der Waals surface area contributed by atoms with Crippen molar-refractivity contribution in [1.82, 2.24) is 25.5 Å². The summed E-state index contributed by atoms with van der Waals surface area (Å²) in [6.07, 6.45) is 0.0449. The number of tetrazole rings is 1. The molecule has 1 aromatic carbocycles. The van der Waals surface area contributed by atoms with E-state index in [1.807, 2.05) is 20.8 Å². The Balaban J connectivity index is 1.87. The van der Waals surface area contributed by atoms with E-state index in [2.05, 4.69) is 20.7 Å². The van der Waals surface area contributed by atoms with Crippen LogP contribution in [-0.2, 0) is 23.3 Å². The lowest BCUT2D eigenvalue weighted by Crippen LogP contribution is -2.26. The maximum Gasteiger partial charge on any atom is 0.335 e. The second-order valence-electron chi connectivity index (χ2n) is 6.12. The quantitative estimate of drug-likeness (QED) is 0.851. The average Bonchev–Trinajstić information content (AvgIpc) is 2.94. The third-order valence-electron chi connectivity index (χ3n) is 3.06. The molecule has 0 aliphatic rings. The fourth-order valence-corrected chi connectivity index (χ4v) is 1.77. The van der Waals surface area contributed by atoms with Gasteiger partial charge >= 0.3 is 5.97 Å². The molecule has 0 spiro atoms. The van der Waals surface area contributed by atoms with Crippen molar-refractivity contribution in [2.24, 2.45) is 0 Å². The maximum atomic E-state index is 11.9. The molecular weight excluding hydrogens is 298 g/mol. The second kappa shape index (κ2) is 6.55. The molecular formula is C15H19N5O3. The number of carbonyl (C=O) groups is 2. The summed E-state index contributed by atoms with van der Waals surface area (Å²) in [6, 6.07) is 6.33. The lowest BCUT2D eigenvalue weighted by Gasteiger charge is -2.15. The highest BCUT2D eigenvalue weighted by atomic mass is 16.4. The molecule has 0 radical (unpaired) electrons. The van der Waals surface area contributed by atoms with Crippen molar-refractivity contribution >= 4 is 11.9 Å². The molecule has 1 heterocycles. The SMILES string of the molecule is CC(C)(C)n1nnc(CC(=O)NCc2ccc(C(=O)O)cc2)n1. The number of rotatable bonds is 5. The zero-order valence-electron chi connectivity index (χ0n) is 13.3. The van der Waals surface area contributed by atoms with Gasteiger partial charge in [0.25, 0.3) is 0 Å². The number of carboxylic acid groups (broad SMARTS) is 1. The van der Waals surface area contributed by atoms with Crippen molar-refractivity contribution in [3.63, 3.8) is 0 Å². The van der Waals surface area contributed by atoms with Crippen molar-refractivity contribution in [1.29, 1.82) is 0 Å². The predicted octanol–water partition coefficient (Wildman–Crippen LogP) is 0.985. The van der Waals surface area contributed by atoms with Crippen LogP contribution in [0, 0.1) is 0 Å². The molecule has 0 unspecified atom stereocenters. The summed E-state index contributed by atoms with van der Waals surface area (Å²) >= 11 is 0. The molecule has 1 amide bonds. The number of hydrogen-bond acceptors (Lipinski definition) is 5. The van der Waals surface area contributed by atoms with E-state index in [9.17, 15) is 9.59 Å². The van der Waals surface area contributed by atoms with Crippen LogP contribution < -0.4 is 5.32 Å². The Hall–Kier alpha value is -2.77. The van der Waals surface area contributed by atoms with Crippen LogP contribution >= 0.6 is 0 Å². The van der Waals surface area contributed by atoms with Crippen molar-refractivity contribution in [2.75, 3.05) is 0 Å². The summed E-state index contributed by atoms with van der Waals surface area (Å²) < 4.78 is 0. The van der Waals surface area contributed by atoms with Crippen LogP contribution in [0.1, 0.15) is 42.5 Å². The largest absolute Gasteiger partial charge is 0.478 e. The van der Waals surface area contributed by atoms with Gasteiger partial charge in [-0.2, -0.15) is 4.80 Å². The van der Waals surface area contributed by atoms with Crippen LogP contribution in [0.3, 0.4) is 0 Å². The minimum absolute atomic E-state index is 0.0449. The Morgan fingerprint density at radius 2 is 1.87 bits per heavy atom. The van der Waals surface area contributed by atoms with Gasteiger partial charge in [0, 0.05) is 6.54 Å². The zero-order chi connectivity index (χ0) is 17.0. The van der Waals surface area contributed by atoms with Gasteiger partial charge in [-0.05, 0) is 43.7 Å². The molecule has 0 atom stereocenters. The van der Waals surface area contributed by atoms with E-state index in [-0.39, 0.29) is 23.4 Å². The highest BCUT2D eigenvalue weighted by Crippen LogP contribution is 2.09. The summed E-state index contributed by atoms with van der Waals surface area (Å²) in [4.78, 5) is 24.1. The van der Waals surface area contributed by atoms with Crippen LogP contribution in [0.5, 0.6) is 0 Å². The van der Waals surface area contributed by atoms with Gasteiger partial charge < -0.3 is 10.4 Å². The van der Waals surface area contributed by atoms with Gasteiger partial charge in [-0.15, -0.1) is 10.2 Å². The van der Waals surface area contributed by atoms with Crippen LogP contribution in [0.2, 0.25) is 0 Å². The summed E-state index contributed by atoms with van der Waals surface area (Å²) in [6.45, 7) is 6.14. The molecule has 2 rings (SSSR count). The number of aromatic nitrogens is 4. The minimum Gasteiger partial charge on any atom is -0.478 e. The van der Waals surface area contributed by atoms with Gasteiger partial charge in [0.15, 0.2) is 5.82 Å². The van der Waals surface area contributed by atoms with Gasteiger partial charge in [0.2, 0.25) is 5.91 Å². The number of amides is 1. The number of nitrogens with one attached hydrogen (secondary N) is 1. The summed E-state index contributed by atoms with van der Waals surface area (Å²) in [5.74, 6) is -0.840. The number of hydrogen-bond donors (Lipinski definition) is 2. The van der Waals surface area contributed by atoms with Crippen molar-refractivity contribution < 1.29 is 14.7 Å². The van der Waals surface area contributed by atoms with Crippen molar-refractivity contribution in [3.05, 3.63) is 41.2 Å². The molecule has 0 aliphatic heterocycles. The lowest BCUT2D eigenvalue weighted by molar-refractivity contribution is -0.120. The van der Waals surface area contributed by atoms with E-state index in [1.54, 1.807) is 12.1 Å². The third kappa shape index (κ3) is 4.60. The first kappa shape index (κ1) is 16.6. The van der Waals surface area contributed by atoms with Gasteiger partial charge in [0.05, 0.1) is 17.5 Å². The van der Waals surface area contributed by atoms with E-state index in [4.69, 9.17) is 5.11 Å². The van der Waals surface area contributed by atoms with E-state index in [0.717, 1.165) is 5.56 Å². The molecule has 2 aromatic rings. The summed E-state index contributed by atoms with van der Waals surface area (Å²) in [7, 11) is 0. The number of nitrogens with zero attached hydrogens (tertiary/aromatic N) is 4. The average molecular weight is 317 g/mol. The minimum atomic E-state index is -0.978. The molecule has 2 N–H and O–H groups in total. The van der Waals surface area contributed by atoms with Gasteiger partial charge in [-0.3, -0.25) is 4.79 Å². The molecule has 0 saturated carbocycles. The van der Waals surface area contributed by atoms with E-state index in [1.165, 1.54) is 16.9 Å². The number of carboxylic acids is 1. The monoisotopic (exact) mass is 317 g/mol. The second-order valence-corrected chi connectivity index (χ2v) is 6.12. The topological polar surface area (TPSA) is 110 Å². The fourth-order valence-electron chi connectivity index (χ4n) is 1.77.